The molecule has 0 saturated carbocycles. The number of ether oxygens (including phenoxy) is 2. The maximum atomic E-state index is 12.1. The molecule has 1 N–H and O–H groups in total. The summed E-state index contributed by atoms with van der Waals surface area (Å²) in [6.45, 7) is 1.69. The average Bonchev–Trinajstić information content (AvgIpc) is 3.07. The fourth-order valence-electron chi connectivity index (χ4n) is 2.45. The number of hydrogen-bond acceptors (Lipinski definition) is 6. The topological polar surface area (TPSA) is 97.3 Å². The summed E-state index contributed by atoms with van der Waals surface area (Å²) in [5, 5.41) is 3.87. The van der Waals surface area contributed by atoms with Crippen LogP contribution in [0.1, 0.15) is 11.1 Å². The molecule has 142 valence electrons. The maximum absolute atomic E-state index is 12.1. The number of fused-ring (bicyclic) bond motifs is 1. The zero-order chi connectivity index (χ0) is 19.4. The molecule has 3 rings (SSSR count). The lowest BCUT2D eigenvalue weighted by Crippen LogP contribution is -2.39. The van der Waals surface area contributed by atoms with Crippen LogP contribution in [0.5, 0.6) is 11.5 Å². The van der Waals surface area contributed by atoms with E-state index in [-0.39, 0.29) is 13.3 Å². The van der Waals surface area contributed by atoms with E-state index in [1.54, 1.807) is 42.5 Å². The molecule has 0 spiro atoms. The zero-order valence-electron chi connectivity index (χ0n) is 14.9. The van der Waals surface area contributed by atoms with Gasteiger partial charge in [0.25, 0.3) is 5.91 Å². The fraction of sp³-hybridized carbons (Fsp3) is 0.222. The average molecular weight is 389 g/mol. The van der Waals surface area contributed by atoms with Gasteiger partial charge in [-0.2, -0.15) is 5.10 Å². The molecule has 27 heavy (non-hydrogen) atoms. The monoisotopic (exact) mass is 389 g/mol. The Labute approximate surface area is 157 Å². The Kier molecular flexibility index (Phi) is 5.31. The predicted molar refractivity (Wildman–Crippen MR) is 102 cm³/mol. The van der Waals surface area contributed by atoms with Crippen LogP contribution in [0.2, 0.25) is 0 Å². The molecule has 9 heteroatoms. The number of nitrogens with zero attached hydrogens (tertiary/aromatic N) is 2. The highest BCUT2D eigenvalue weighted by Crippen LogP contribution is 2.31. The molecule has 0 unspecified atom stereocenters. The van der Waals surface area contributed by atoms with Crippen LogP contribution in [0.4, 0.5) is 5.69 Å². The van der Waals surface area contributed by atoms with Crippen LogP contribution < -0.4 is 19.2 Å². The Hall–Kier alpha value is -3.07. The van der Waals surface area contributed by atoms with E-state index in [0.717, 1.165) is 16.1 Å². The van der Waals surface area contributed by atoms with Crippen molar-refractivity contribution >= 4 is 27.8 Å². The van der Waals surface area contributed by atoms with Crippen molar-refractivity contribution in [3.63, 3.8) is 0 Å². The first-order chi connectivity index (χ1) is 12.8. The fourth-order valence-corrected chi connectivity index (χ4v) is 3.31. The van der Waals surface area contributed by atoms with Crippen LogP contribution in [0.25, 0.3) is 0 Å². The van der Waals surface area contributed by atoms with Gasteiger partial charge in [0.15, 0.2) is 11.5 Å². The number of hydrazone groups is 1. The minimum absolute atomic E-state index is 0.174. The Bertz CT molecular complexity index is 971. The molecule has 0 aliphatic carbocycles. The van der Waals surface area contributed by atoms with E-state index in [4.69, 9.17) is 9.47 Å². The van der Waals surface area contributed by atoms with Crippen molar-refractivity contribution in [2.45, 2.75) is 6.92 Å². The summed E-state index contributed by atoms with van der Waals surface area (Å²) in [6, 6.07) is 12.1. The number of carbonyl (C=O) groups excluding carboxylic acids is 1. The number of anilines is 1. The van der Waals surface area contributed by atoms with Crippen LogP contribution in [0, 0.1) is 6.92 Å². The SMILES string of the molecule is Cc1ccc(N(CC(=O)N/N=C\c2ccc3c(c2)OCO3)S(C)(=O)=O)cc1. The Morgan fingerprint density at radius 2 is 1.89 bits per heavy atom. The predicted octanol–water partition coefficient (Wildman–Crippen LogP) is 1.64. The first-order valence-electron chi connectivity index (χ1n) is 8.09. The summed E-state index contributed by atoms with van der Waals surface area (Å²) in [4.78, 5) is 12.1. The van der Waals surface area contributed by atoms with Gasteiger partial charge in [-0.3, -0.25) is 9.10 Å². The van der Waals surface area contributed by atoms with Gasteiger partial charge in [0.2, 0.25) is 16.8 Å². The zero-order valence-corrected chi connectivity index (χ0v) is 15.7. The van der Waals surface area contributed by atoms with Crippen molar-refractivity contribution in [3.05, 3.63) is 53.6 Å². The van der Waals surface area contributed by atoms with Crippen LogP contribution in [0.3, 0.4) is 0 Å². The number of sulfonamides is 1. The molecule has 1 aliphatic heterocycles. The molecule has 8 nitrogen and oxygen atoms in total. The minimum Gasteiger partial charge on any atom is -0.454 e. The molecule has 0 radical (unpaired) electrons. The van der Waals surface area contributed by atoms with Crippen molar-refractivity contribution in [2.75, 3.05) is 23.9 Å². The second-order valence-corrected chi connectivity index (χ2v) is 7.92. The number of benzene rings is 2. The van der Waals surface area contributed by atoms with Crippen LogP contribution in [0.15, 0.2) is 47.6 Å². The number of rotatable bonds is 6. The number of carbonyl (C=O) groups is 1. The summed E-state index contributed by atoms with van der Waals surface area (Å²) in [6.07, 6.45) is 2.49. The standard InChI is InChI=1S/C18H19N3O5S/c1-13-3-6-15(7-4-13)21(27(2,23)24)11-18(22)20-19-10-14-5-8-16-17(9-14)26-12-25-16/h3-10H,11-12H2,1-2H3,(H,20,22)/b19-10-. The Balaban J connectivity index is 1.65. The van der Waals surface area contributed by atoms with E-state index >= 15 is 0 Å². The van der Waals surface area contributed by atoms with Crippen molar-refractivity contribution in [1.82, 2.24) is 5.43 Å². The van der Waals surface area contributed by atoms with Gasteiger partial charge in [-0.1, -0.05) is 17.7 Å². The van der Waals surface area contributed by atoms with Crippen molar-refractivity contribution in [3.8, 4) is 11.5 Å². The lowest BCUT2D eigenvalue weighted by molar-refractivity contribution is -0.119. The van der Waals surface area contributed by atoms with E-state index < -0.39 is 15.9 Å². The highest BCUT2D eigenvalue weighted by molar-refractivity contribution is 7.92. The van der Waals surface area contributed by atoms with Crippen LogP contribution in [-0.4, -0.2) is 40.1 Å². The summed E-state index contributed by atoms with van der Waals surface area (Å²) < 4.78 is 35.6. The minimum atomic E-state index is -3.62. The third kappa shape index (κ3) is 4.76. The highest BCUT2D eigenvalue weighted by Gasteiger charge is 2.20. The first kappa shape index (κ1) is 18.7. The number of hydrogen-bond donors (Lipinski definition) is 1. The molecular weight excluding hydrogens is 370 g/mol. The van der Waals surface area contributed by atoms with Gasteiger partial charge in [0, 0.05) is 0 Å². The number of nitrogens with one attached hydrogen (secondary N) is 1. The van der Waals surface area contributed by atoms with Gasteiger partial charge in [-0.25, -0.2) is 13.8 Å². The molecule has 1 aliphatic rings. The second kappa shape index (κ2) is 7.67. The Morgan fingerprint density at radius 1 is 1.19 bits per heavy atom. The van der Waals surface area contributed by atoms with Crippen molar-refractivity contribution < 1.29 is 22.7 Å². The van der Waals surface area contributed by atoms with Crippen LogP contribution in [-0.2, 0) is 14.8 Å². The molecule has 0 fully saturated rings. The summed E-state index contributed by atoms with van der Waals surface area (Å²) in [5.74, 6) is 0.698. The van der Waals surface area contributed by atoms with E-state index in [1.165, 1.54) is 6.21 Å². The third-order valence-electron chi connectivity index (χ3n) is 3.81. The van der Waals surface area contributed by atoms with E-state index in [0.29, 0.717) is 22.7 Å². The van der Waals surface area contributed by atoms with Gasteiger partial charge in [0.05, 0.1) is 18.2 Å². The van der Waals surface area contributed by atoms with E-state index in [2.05, 4.69) is 10.5 Å². The summed E-state index contributed by atoms with van der Waals surface area (Å²) in [5.41, 5.74) is 4.45. The molecule has 0 bridgehead atoms. The lowest BCUT2D eigenvalue weighted by Gasteiger charge is -2.21. The second-order valence-electron chi connectivity index (χ2n) is 6.01. The van der Waals surface area contributed by atoms with Gasteiger partial charge >= 0.3 is 0 Å². The summed E-state index contributed by atoms with van der Waals surface area (Å²) in [7, 11) is -3.62. The summed E-state index contributed by atoms with van der Waals surface area (Å²) >= 11 is 0. The normalized spacial score (nSPS) is 13.0. The van der Waals surface area contributed by atoms with Gasteiger partial charge in [-0.05, 0) is 42.8 Å². The van der Waals surface area contributed by atoms with E-state index in [1.807, 2.05) is 6.92 Å². The van der Waals surface area contributed by atoms with Crippen molar-refractivity contribution in [2.24, 2.45) is 5.10 Å². The largest absolute Gasteiger partial charge is 0.454 e. The highest BCUT2D eigenvalue weighted by atomic mass is 32.2. The number of aryl methyl sites for hydroxylation is 1. The molecule has 2 aromatic rings. The molecule has 1 amide bonds. The first-order valence-corrected chi connectivity index (χ1v) is 9.94. The van der Waals surface area contributed by atoms with E-state index in [9.17, 15) is 13.2 Å². The molecule has 2 aromatic carbocycles. The smallest absolute Gasteiger partial charge is 0.260 e. The quantitative estimate of drug-likeness (QED) is 0.598. The van der Waals surface area contributed by atoms with Crippen molar-refractivity contribution in [1.29, 1.82) is 0 Å². The molecule has 0 atom stereocenters. The van der Waals surface area contributed by atoms with Gasteiger partial charge in [-0.15, -0.1) is 0 Å². The van der Waals surface area contributed by atoms with Crippen LogP contribution >= 0.6 is 0 Å². The maximum Gasteiger partial charge on any atom is 0.260 e. The van der Waals surface area contributed by atoms with Gasteiger partial charge < -0.3 is 9.47 Å². The molecular formula is C18H19N3O5S. The molecule has 1 heterocycles. The lowest BCUT2D eigenvalue weighted by atomic mass is 10.2. The Morgan fingerprint density at radius 3 is 2.59 bits per heavy atom. The number of amides is 1. The molecule has 0 aromatic heterocycles. The van der Waals surface area contributed by atoms with Gasteiger partial charge in [0.1, 0.15) is 6.54 Å². The third-order valence-corrected chi connectivity index (χ3v) is 4.95. The molecule has 0 saturated heterocycles.